The number of carbonyl (C=O) groups is 2. The minimum Gasteiger partial charge on any atom is -0.445 e. The van der Waals surface area contributed by atoms with E-state index in [4.69, 9.17) is 15.9 Å². The number of benzene rings is 2. The van der Waals surface area contributed by atoms with Crippen molar-refractivity contribution in [3.8, 4) is 0 Å². The van der Waals surface area contributed by atoms with Gasteiger partial charge in [0.15, 0.2) is 0 Å². The first-order chi connectivity index (χ1) is 14.0. The fourth-order valence-electron chi connectivity index (χ4n) is 2.68. The molecule has 7 heteroatoms. The van der Waals surface area contributed by atoms with Gasteiger partial charge in [-0.3, -0.25) is 10.2 Å². The molecule has 0 saturated carbocycles. The SMILES string of the molecule is CCCCNC(=O)C(Cc1ccc(C(=N)N)cc1)NC(=O)OCc1ccccc1. The van der Waals surface area contributed by atoms with E-state index >= 15 is 0 Å². The lowest BCUT2D eigenvalue weighted by atomic mass is 10.0. The molecular weight excluding hydrogens is 368 g/mol. The van der Waals surface area contributed by atoms with Crippen LogP contribution in [0.5, 0.6) is 0 Å². The molecule has 2 amide bonds. The average molecular weight is 396 g/mol. The van der Waals surface area contributed by atoms with E-state index in [2.05, 4.69) is 10.6 Å². The molecule has 1 atom stereocenters. The maximum atomic E-state index is 12.6. The number of hydrogen-bond acceptors (Lipinski definition) is 4. The van der Waals surface area contributed by atoms with Crippen LogP contribution < -0.4 is 16.4 Å². The monoisotopic (exact) mass is 396 g/mol. The molecule has 154 valence electrons. The van der Waals surface area contributed by atoms with Crippen molar-refractivity contribution in [2.75, 3.05) is 6.54 Å². The van der Waals surface area contributed by atoms with Crippen molar-refractivity contribution >= 4 is 17.8 Å². The summed E-state index contributed by atoms with van der Waals surface area (Å²) in [7, 11) is 0. The number of ether oxygens (including phenoxy) is 1. The van der Waals surface area contributed by atoms with Gasteiger partial charge in [-0.05, 0) is 17.5 Å². The molecule has 5 N–H and O–H groups in total. The smallest absolute Gasteiger partial charge is 0.408 e. The molecule has 0 aliphatic rings. The molecule has 0 heterocycles. The van der Waals surface area contributed by atoms with Crippen molar-refractivity contribution in [1.29, 1.82) is 5.41 Å². The maximum Gasteiger partial charge on any atom is 0.408 e. The van der Waals surface area contributed by atoms with E-state index in [-0.39, 0.29) is 18.3 Å². The van der Waals surface area contributed by atoms with Gasteiger partial charge < -0.3 is 21.1 Å². The summed E-state index contributed by atoms with van der Waals surface area (Å²) in [6.45, 7) is 2.72. The zero-order chi connectivity index (χ0) is 21.1. The number of amidine groups is 1. The van der Waals surface area contributed by atoms with Crippen LogP contribution in [0.2, 0.25) is 0 Å². The number of amides is 2. The van der Waals surface area contributed by atoms with E-state index in [0.717, 1.165) is 24.0 Å². The topological polar surface area (TPSA) is 117 Å². The van der Waals surface area contributed by atoms with Crippen LogP contribution in [0.15, 0.2) is 54.6 Å². The fraction of sp³-hybridized carbons (Fsp3) is 0.318. The maximum absolute atomic E-state index is 12.6. The van der Waals surface area contributed by atoms with Gasteiger partial charge in [-0.2, -0.15) is 0 Å². The molecule has 0 spiro atoms. The highest BCUT2D eigenvalue weighted by atomic mass is 16.5. The highest BCUT2D eigenvalue weighted by molar-refractivity contribution is 5.94. The second-order valence-corrected chi connectivity index (χ2v) is 6.72. The summed E-state index contributed by atoms with van der Waals surface area (Å²) >= 11 is 0. The molecule has 2 aromatic rings. The molecule has 0 bridgehead atoms. The Labute approximate surface area is 171 Å². The van der Waals surface area contributed by atoms with Gasteiger partial charge in [0.25, 0.3) is 0 Å². The van der Waals surface area contributed by atoms with E-state index in [1.807, 2.05) is 37.3 Å². The summed E-state index contributed by atoms with van der Waals surface area (Å²) in [5.41, 5.74) is 7.79. The normalized spacial score (nSPS) is 11.3. The van der Waals surface area contributed by atoms with Gasteiger partial charge in [0, 0.05) is 18.5 Å². The standard InChI is InChI=1S/C22H28N4O3/c1-2-3-13-25-21(27)19(14-16-9-11-18(12-10-16)20(23)24)26-22(28)29-15-17-7-5-4-6-8-17/h4-12,19H,2-3,13-15H2,1H3,(H3,23,24)(H,25,27)(H,26,28). The summed E-state index contributed by atoms with van der Waals surface area (Å²) in [5.74, 6) is -0.279. The van der Waals surface area contributed by atoms with Gasteiger partial charge in [-0.1, -0.05) is 67.9 Å². The Morgan fingerprint density at radius 2 is 1.76 bits per heavy atom. The molecule has 0 aliphatic heterocycles. The minimum absolute atomic E-state index is 0.0203. The van der Waals surface area contributed by atoms with Gasteiger partial charge in [-0.25, -0.2) is 4.79 Å². The first-order valence-corrected chi connectivity index (χ1v) is 9.68. The lowest BCUT2D eigenvalue weighted by Gasteiger charge is -2.19. The molecule has 2 aromatic carbocycles. The third-order valence-electron chi connectivity index (χ3n) is 4.36. The van der Waals surface area contributed by atoms with Gasteiger partial charge in [0.05, 0.1) is 0 Å². The predicted molar refractivity (Wildman–Crippen MR) is 113 cm³/mol. The third-order valence-corrected chi connectivity index (χ3v) is 4.36. The molecule has 0 fully saturated rings. The van der Waals surface area contributed by atoms with Crippen molar-refractivity contribution in [2.24, 2.45) is 5.73 Å². The Balaban J connectivity index is 2.00. The Morgan fingerprint density at radius 3 is 2.38 bits per heavy atom. The zero-order valence-electron chi connectivity index (χ0n) is 16.6. The molecule has 2 rings (SSSR count). The molecule has 0 radical (unpaired) electrons. The largest absolute Gasteiger partial charge is 0.445 e. The molecule has 0 aromatic heterocycles. The van der Waals surface area contributed by atoms with Crippen LogP contribution in [-0.4, -0.2) is 30.4 Å². The molecule has 7 nitrogen and oxygen atoms in total. The highest BCUT2D eigenvalue weighted by Gasteiger charge is 2.22. The summed E-state index contributed by atoms with van der Waals surface area (Å²) in [5, 5.41) is 13.0. The molecule has 29 heavy (non-hydrogen) atoms. The van der Waals surface area contributed by atoms with Crippen molar-refractivity contribution < 1.29 is 14.3 Å². The summed E-state index contributed by atoms with van der Waals surface area (Å²) in [6.07, 6.45) is 1.48. The molecule has 0 aliphatic carbocycles. The third kappa shape index (κ3) is 7.65. The predicted octanol–water partition coefficient (Wildman–Crippen LogP) is 2.72. The zero-order valence-corrected chi connectivity index (χ0v) is 16.6. The Hall–Kier alpha value is -3.35. The van der Waals surface area contributed by atoms with E-state index < -0.39 is 12.1 Å². The summed E-state index contributed by atoms with van der Waals surface area (Å²) < 4.78 is 5.25. The quantitative estimate of drug-likeness (QED) is 0.281. The second-order valence-electron chi connectivity index (χ2n) is 6.72. The van der Waals surface area contributed by atoms with Crippen LogP contribution in [0.25, 0.3) is 0 Å². The van der Waals surface area contributed by atoms with Crippen LogP contribution in [0.1, 0.15) is 36.5 Å². The minimum atomic E-state index is -0.765. The van der Waals surface area contributed by atoms with Crippen LogP contribution in [-0.2, 0) is 22.6 Å². The average Bonchev–Trinajstić information content (AvgIpc) is 2.73. The number of rotatable bonds is 10. The molecular formula is C22H28N4O3. The van der Waals surface area contributed by atoms with E-state index in [0.29, 0.717) is 18.5 Å². The summed E-state index contributed by atoms with van der Waals surface area (Å²) in [4.78, 5) is 24.8. The van der Waals surface area contributed by atoms with Crippen LogP contribution in [0, 0.1) is 5.41 Å². The van der Waals surface area contributed by atoms with E-state index in [9.17, 15) is 9.59 Å². The number of unbranched alkanes of at least 4 members (excludes halogenated alkanes) is 1. The first-order valence-electron chi connectivity index (χ1n) is 9.68. The van der Waals surface area contributed by atoms with E-state index in [1.165, 1.54) is 0 Å². The molecule has 0 saturated heterocycles. The Bertz CT molecular complexity index is 807. The van der Waals surface area contributed by atoms with Gasteiger partial charge >= 0.3 is 6.09 Å². The lowest BCUT2D eigenvalue weighted by Crippen LogP contribution is -2.48. The van der Waals surface area contributed by atoms with Gasteiger partial charge in [0.2, 0.25) is 5.91 Å². The molecule has 1 unspecified atom stereocenters. The number of carbonyl (C=O) groups excluding carboxylic acids is 2. The van der Waals surface area contributed by atoms with Crippen LogP contribution >= 0.6 is 0 Å². The number of hydrogen-bond donors (Lipinski definition) is 4. The number of nitrogen functional groups attached to an aromatic ring is 1. The van der Waals surface area contributed by atoms with Gasteiger partial charge in [-0.15, -0.1) is 0 Å². The number of alkyl carbamates (subject to hydrolysis) is 1. The van der Waals surface area contributed by atoms with Crippen LogP contribution in [0.4, 0.5) is 4.79 Å². The van der Waals surface area contributed by atoms with E-state index in [1.54, 1.807) is 24.3 Å². The Kier molecular flexibility index (Phi) is 8.69. The Morgan fingerprint density at radius 1 is 1.07 bits per heavy atom. The van der Waals surface area contributed by atoms with Gasteiger partial charge in [0.1, 0.15) is 18.5 Å². The van der Waals surface area contributed by atoms with Crippen molar-refractivity contribution in [2.45, 2.75) is 38.8 Å². The second kappa shape index (κ2) is 11.5. The fourth-order valence-corrected chi connectivity index (χ4v) is 2.68. The van der Waals surface area contributed by atoms with Crippen LogP contribution in [0.3, 0.4) is 0 Å². The first kappa shape index (κ1) is 21.9. The van der Waals surface area contributed by atoms with Crippen molar-refractivity contribution in [3.05, 3.63) is 71.3 Å². The number of nitrogens with two attached hydrogens (primary N) is 1. The van der Waals surface area contributed by atoms with Crippen molar-refractivity contribution in [1.82, 2.24) is 10.6 Å². The van der Waals surface area contributed by atoms with Crippen molar-refractivity contribution in [3.63, 3.8) is 0 Å². The highest BCUT2D eigenvalue weighted by Crippen LogP contribution is 2.08. The number of nitrogens with one attached hydrogen (secondary N) is 3. The summed E-state index contributed by atoms with van der Waals surface area (Å²) in [6, 6.07) is 15.6. The lowest BCUT2D eigenvalue weighted by molar-refractivity contribution is -0.123.